The summed E-state index contributed by atoms with van der Waals surface area (Å²) in [6.45, 7) is 1.68. The molecule has 3 aromatic carbocycles. The van der Waals surface area contributed by atoms with Gasteiger partial charge in [-0.15, -0.1) is 0 Å². The van der Waals surface area contributed by atoms with Gasteiger partial charge < -0.3 is 10.6 Å². The molecule has 1 atom stereocenters. The summed E-state index contributed by atoms with van der Waals surface area (Å²) in [5, 5.41) is 6.48. The van der Waals surface area contributed by atoms with Crippen LogP contribution in [0.25, 0.3) is 0 Å². The highest BCUT2D eigenvalue weighted by atomic mass is 35.5. The first-order valence-corrected chi connectivity index (χ1v) is 14.5. The first kappa shape index (κ1) is 26.3. The molecule has 1 amide bonds. The van der Waals surface area contributed by atoms with Crippen LogP contribution in [0.5, 0.6) is 0 Å². The number of hydrogen-bond acceptors (Lipinski definition) is 5. The second kappa shape index (κ2) is 11.2. The number of rotatable bonds is 8. The van der Waals surface area contributed by atoms with Crippen LogP contribution in [0.15, 0.2) is 88.8 Å². The number of aryl methyl sites for hydroxylation is 1. The van der Waals surface area contributed by atoms with Crippen molar-refractivity contribution in [2.75, 3.05) is 22.7 Å². The number of sulfonamides is 1. The Bertz CT molecular complexity index is 1520. The third-order valence-electron chi connectivity index (χ3n) is 6.46. The van der Waals surface area contributed by atoms with Gasteiger partial charge in [-0.2, -0.15) is 0 Å². The van der Waals surface area contributed by atoms with E-state index in [0.29, 0.717) is 11.4 Å². The maximum absolute atomic E-state index is 13.8. The molecular weight excluding hydrogens is 543 g/mol. The fourth-order valence-electron chi connectivity index (χ4n) is 4.53. The molecule has 0 unspecified atom stereocenters. The summed E-state index contributed by atoms with van der Waals surface area (Å²) >= 11 is 12.1. The van der Waals surface area contributed by atoms with Crippen LogP contribution in [0.3, 0.4) is 0 Å². The Labute approximate surface area is 232 Å². The van der Waals surface area contributed by atoms with Crippen LogP contribution >= 0.6 is 23.2 Å². The molecule has 10 heteroatoms. The fraction of sp³-hybridized carbons (Fsp3) is 0.214. The normalized spacial score (nSPS) is 17.2. The van der Waals surface area contributed by atoms with E-state index in [4.69, 9.17) is 23.2 Å². The number of nitrogens with one attached hydrogen (secondary N) is 2. The molecule has 0 saturated carbocycles. The van der Waals surface area contributed by atoms with Gasteiger partial charge in [-0.1, -0.05) is 71.8 Å². The van der Waals surface area contributed by atoms with Crippen LogP contribution in [-0.4, -0.2) is 39.3 Å². The molecule has 0 spiro atoms. The Kier molecular flexibility index (Phi) is 7.74. The fourth-order valence-corrected chi connectivity index (χ4v) is 6.56. The third kappa shape index (κ3) is 5.43. The number of amides is 1. The third-order valence-corrected chi connectivity index (χ3v) is 9.02. The van der Waals surface area contributed by atoms with Gasteiger partial charge in [0.25, 0.3) is 10.0 Å². The SMILES string of the molecule is O=C1Nc2ccccc2N(S(=O)(=O)c2ccc(Cl)c(Cl)c2)[C@@H]1CC=CCCc1ccc(C2=NCCN2)cc1. The summed E-state index contributed by atoms with van der Waals surface area (Å²) in [6, 6.07) is 18.3. The first-order chi connectivity index (χ1) is 18.3. The highest BCUT2D eigenvalue weighted by molar-refractivity contribution is 7.93. The Hall–Kier alpha value is -3.33. The lowest BCUT2D eigenvalue weighted by Gasteiger charge is -2.36. The summed E-state index contributed by atoms with van der Waals surface area (Å²) in [6.07, 6.45) is 5.63. The molecule has 196 valence electrons. The van der Waals surface area contributed by atoms with E-state index < -0.39 is 22.0 Å². The molecule has 5 rings (SSSR count). The molecule has 0 aliphatic carbocycles. The van der Waals surface area contributed by atoms with Gasteiger partial charge in [-0.05, 0) is 55.2 Å². The Morgan fingerprint density at radius 2 is 1.79 bits per heavy atom. The first-order valence-electron chi connectivity index (χ1n) is 12.3. The van der Waals surface area contributed by atoms with Crippen molar-refractivity contribution >= 4 is 56.3 Å². The minimum atomic E-state index is -4.11. The number of fused-ring (bicyclic) bond motifs is 1. The number of halogens is 2. The molecule has 2 aliphatic rings. The minimum absolute atomic E-state index is 0.0346. The number of nitrogens with zero attached hydrogens (tertiary/aromatic N) is 2. The zero-order valence-electron chi connectivity index (χ0n) is 20.4. The number of amidine groups is 1. The van der Waals surface area contributed by atoms with Crippen molar-refractivity contribution in [2.45, 2.75) is 30.2 Å². The lowest BCUT2D eigenvalue weighted by atomic mass is 10.1. The van der Waals surface area contributed by atoms with E-state index in [1.165, 1.54) is 28.1 Å². The highest BCUT2D eigenvalue weighted by Gasteiger charge is 2.40. The Balaban J connectivity index is 1.32. The molecular formula is C28H26Cl2N4O3S. The maximum Gasteiger partial charge on any atom is 0.265 e. The van der Waals surface area contributed by atoms with E-state index in [1.54, 1.807) is 24.3 Å². The van der Waals surface area contributed by atoms with Crippen molar-refractivity contribution < 1.29 is 13.2 Å². The summed E-state index contributed by atoms with van der Waals surface area (Å²) in [4.78, 5) is 17.5. The lowest BCUT2D eigenvalue weighted by Crippen LogP contribution is -2.50. The van der Waals surface area contributed by atoms with Gasteiger partial charge in [0.05, 0.1) is 32.9 Å². The largest absolute Gasteiger partial charge is 0.368 e. The second-order valence-electron chi connectivity index (χ2n) is 9.00. The summed E-state index contributed by atoms with van der Waals surface area (Å²) in [7, 11) is -4.11. The number of aliphatic imine (C=N–C) groups is 1. The summed E-state index contributed by atoms with van der Waals surface area (Å²) in [5.74, 6) is 0.542. The molecule has 0 fully saturated rings. The second-order valence-corrected chi connectivity index (χ2v) is 11.6. The number of benzene rings is 3. The van der Waals surface area contributed by atoms with E-state index >= 15 is 0 Å². The molecule has 0 aromatic heterocycles. The van der Waals surface area contributed by atoms with Crippen LogP contribution in [0, 0.1) is 0 Å². The zero-order chi connectivity index (χ0) is 26.7. The lowest BCUT2D eigenvalue weighted by molar-refractivity contribution is -0.117. The highest BCUT2D eigenvalue weighted by Crippen LogP contribution is 2.38. The van der Waals surface area contributed by atoms with Crippen LogP contribution in [0.2, 0.25) is 10.0 Å². The number of anilines is 2. The number of hydrogen-bond donors (Lipinski definition) is 2. The number of allylic oxidation sites excluding steroid dienone is 1. The summed E-state index contributed by atoms with van der Waals surface area (Å²) in [5.41, 5.74) is 3.10. The average Bonchev–Trinajstić information content (AvgIpc) is 3.45. The molecule has 2 aliphatic heterocycles. The average molecular weight is 570 g/mol. The molecule has 0 saturated heterocycles. The molecule has 2 N–H and O–H groups in total. The topological polar surface area (TPSA) is 90.9 Å². The van der Waals surface area contributed by atoms with E-state index in [1.807, 2.05) is 12.2 Å². The monoisotopic (exact) mass is 568 g/mol. The minimum Gasteiger partial charge on any atom is -0.368 e. The molecule has 7 nitrogen and oxygen atoms in total. The Morgan fingerprint density at radius 3 is 2.53 bits per heavy atom. The van der Waals surface area contributed by atoms with Crippen molar-refractivity contribution in [3.05, 3.63) is 100 Å². The Morgan fingerprint density at radius 1 is 1.00 bits per heavy atom. The number of carbonyl (C=O) groups excluding carboxylic acids is 1. The van der Waals surface area contributed by atoms with Crippen molar-refractivity contribution in [3.63, 3.8) is 0 Å². The van der Waals surface area contributed by atoms with Crippen molar-refractivity contribution in [1.29, 1.82) is 0 Å². The van der Waals surface area contributed by atoms with E-state index in [0.717, 1.165) is 37.3 Å². The molecule has 0 radical (unpaired) electrons. The van der Waals surface area contributed by atoms with Crippen LogP contribution in [-0.2, 0) is 21.2 Å². The van der Waals surface area contributed by atoms with E-state index in [9.17, 15) is 13.2 Å². The van der Waals surface area contributed by atoms with Crippen LogP contribution in [0.1, 0.15) is 24.0 Å². The predicted octanol–water partition coefficient (Wildman–Crippen LogP) is 5.44. The molecule has 38 heavy (non-hydrogen) atoms. The van der Waals surface area contributed by atoms with Gasteiger partial charge in [-0.25, -0.2) is 8.42 Å². The van der Waals surface area contributed by atoms with Crippen molar-refractivity contribution in [3.8, 4) is 0 Å². The van der Waals surface area contributed by atoms with Gasteiger partial charge in [0.1, 0.15) is 11.9 Å². The van der Waals surface area contributed by atoms with Crippen molar-refractivity contribution in [1.82, 2.24) is 5.32 Å². The van der Waals surface area contributed by atoms with Crippen LogP contribution in [0.4, 0.5) is 11.4 Å². The van der Waals surface area contributed by atoms with Crippen LogP contribution < -0.4 is 14.9 Å². The molecule has 0 bridgehead atoms. The van der Waals surface area contributed by atoms with Gasteiger partial charge in [0, 0.05) is 12.1 Å². The zero-order valence-corrected chi connectivity index (χ0v) is 22.7. The standard InChI is InChI=1S/C28H26Cl2N4O3S/c29-22-15-14-21(18-23(22)30)38(36,37)34-25-8-5-4-7-24(25)33-28(35)26(34)9-3-1-2-6-19-10-12-20(13-11-19)27-31-16-17-32-27/h1,3-5,7-8,10-15,18,26H,2,6,9,16-17H2,(H,31,32)(H,33,35)/t26-/m1/s1. The van der Waals surface area contributed by atoms with Gasteiger partial charge >= 0.3 is 0 Å². The van der Waals surface area contributed by atoms with Gasteiger partial charge in [0.15, 0.2) is 0 Å². The quantitative estimate of drug-likeness (QED) is 0.354. The number of para-hydroxylation sites is 2. The van der Waals surface area contributed by atoms with E-state index in [2.05, 4.69) is 39.9 Å². The smallest absolute Gasteiger partial charge is 0.265 e. The molecule has 2 heterocycles. The maximum atomic E-state index is 13.8. The van der Waals surface area contributed by atoms with Gasteiger partial charge in [-0.3, -0.25) is 14.1 Å². The summed E-state index contributed by atoms with van der Waals surface area (Å²) < 4.78 is 28.7. The van der Waals surface area contributed by atoms with Crippen molar-refractivity contribution in [2.24, 2.45) is 4.99 Å². The van der Waals surface area contributed by atoms with Gasteiger partial charge in [0.2, 0.25) is 5.91 Å². The predicted molar refractivity (Wildman–Crippen MR) is 153 cm³/mol. The number of carbonyl (C=O) groups is 1. The van der Waals surface area contributed by atoms with E-state index in [-0.39, 0.29) is 21.4 Å². The molecule has 3 aromatic rings.